The third kappa shape index (κ3) is 2.05. The van der Waals surface area contributed by atoms with Crippen LogP contribution in [-0.4, -0.2) is 11.8 Å². The van der Waals surface area contributed by atoms with E-state index in [-0.39, 0.29) is 11.8 Å². The number of Topliss-reactive ketones (excluding diaryl/α,β-unsaturated/α-hetero) is 1. The van der Waals surface area contributed by atoms with Crippen LogP contribution in [0.1, 0.15) is 23.5 Å². The van der Waals surface area contributed by atoms with E-state index in [1.165, 1.54) is 18.3 Å². The van der Waals surface area contributed by atoms with Gasteiger partial charge < -0.3 is 4.74 Å². The van der Waals surface area contributed by atoms with Crippen LogP contribution in [-0.2, 0) is 4.79 Å². The van der Waals surface area contributed by atoms with Crippen molar-refractivity contribution in [3.63, 3.8) is 0 Å². The number of esters is 1. The van der Waals surface area contributed by atoms with Crippen LogP contribution in [0.3, 0.4) is 0 Å². The zero-order chi connectivity index (χ0) is 13.6. The zero-order valence-electron chi connectivity index (χ0n) is 10.4. The number of thiophene rings is 2. The van der Waals surface area contributed by atoms with Crippen molar-refractivity contribution in [3.8, 4) is 5.75 Å². The number of carbonyl (C=O) groups is 2. The van der Waals surface area contributed by atoms with Crippen molar-refractivity contribution >= 4 is 54.6 Å². The van der Waals surface area contributed by atoms with Gasteiger partial charge in [0.15, 0.2) is 5.78 Å². The highest BCUT2D eigenvalue weighted by Gasteiger charge is 2.16. The zero-order valence-corrected chi connectivity index (χ0v) is 12.0. The maximum atomic E-state index is 11.5. The van der Waals surface area contributed by atoms with E-state index in [0.717, 1.165) is 20.2 Å². The number of hydrogen-bond acceptors (Lipinski definition) is 5. The van der Waals surface area contributed by atoms with Crippen molar-refractivity contribution in [3.05, 3.63) is 28.5 Å². The van der Waals surface area contributed by atoms with Gasteiger partial charge in [-0.15, -0.1) is 22.7 Å². The lowest BCUT2D eigenvalue weighted by atomic mass is 10.1. The number of ketones is 1. The Morgan fingerprint density at radius 1 is 1.11 bits per heavy atom. The molecule has 0 saturated carbocycles. The molecule has 2 aromatic heterocycles. The lowest BCUT2D eigenvalue weighted by Crippen LogP contribution is -2.01. The van der Waals surface area contributed by atoms with E-state index in [9.17, 15) is 9.59 Å². The summed E-state index contributed by atoms with van der Waals surface area (Å²) in [4.78, 5) is 23.4. The summed E-state index contributed by atoms with van der Waals surface area (Å²) < 4.78 is 7.38. The molecule has 19 heavy (non-hydrogen) atoms. The second kappa shape index (κ2) is 4.43. The summed E-state index contributed by atoms with van der Waals surface area (Å²) in [5.41, 5.74) is 0. The van der Waals surface area contributed by atoms with E-state index in [0.29, 0.717) is 10.6 Å². The highest BCUT2D eigenvalue weighted by Crippen LogP contribution is 2.41. The Morgan fingerprint density at radius 2 is 1.89 bits per heavy atom. The minimum Gasteiger partial charge on any atom is -0.425 e. The summed E-state index contributed by atoms with van der Waals surface area (Å²) in [5, 5.41) is 3.71. The van der Waals surface area contributed by atoms with Gasteiger partial charge in [0.2, 0.25) is 0 Å². The van der Waals surface area contributed by atoms with E-state index in [2.05, 4.69) is 0 Å². The predicted molar refractivity (Wildman–Crippen MR) is 78.5 cm³/mol. The van der Waals surface area contributed by atoms with Crippen molar-refractivity contribution in [2.75, 3.05) is 0 Å². The molecule has 0 amide bonds. The largest absolute Gasteiger partial charge is 0.425 e. The SMILES string of the molecule is CC(=O)Oc1c2ccsc2cc2sc(C(C)=O)cc12. The fourth-order valence-corrected chi connectivity index (χ4v) is 3.90. The predicted octanol–water partition coefficient (Wildman–Crippen LogP) is 4.24. The van der Waals surface area contributed by atoms with Crippen LogP contribution >= 0.6 is 22.7 Å². The molecule has 5 heteroatoms. The number of ether oxygens (including phenoxy) is 1. The summed E-state index contributed by atoms with van der Waals surface area (Å²) in [6, 6.07) is 5.78. The molecular formula is C14H10O3S2. The Labute approximate surface area is 117 Å². The average Bonchev–Trinajstić information content (AvgIpc) is 2.93. The molecule has 96 valence electrons. The van der Waals surface area contributed by atoms with Gasteiger partial charge in [0.05, 0.1) is 4.88 Å². The maximum absolute atomic E-state index is 11.5. The molecule has 0 unspecified atom stereocenters. The summed E-state index contributed by atoms with van der Waals surface area (Å²) in [5.74, 6) is 0.235. The smallest absolute Gasteiger partial charge is 0.308 e. The Morgan fingerprint density at radius 3 is 2.58 bits per heavy atom. The topological polar surface area (TPSA) is 43.4 Å². The average molecular weight is 290 g/mol. The number of carbonyl (C=O) groups excluding carboxylic acids is 2. The maximum Gasteiger partial charge on any atom is 0.308 e. The van der Waals surface area contributed by atoms with Crippen molar-refractivity contribution in [1.82, 2.24) is 0 Å². The third-order valence-electron chi connectivity index (χ3n) is 2.80. The Kier molecular flexibility index (Phi) is 2.88. The first-order chi connectivity index (χ1) is 9.06. The van der Waals surface area contributed by atoms with E-state index in [4.69, 9.17) is 4.74 Å². The quantitative estimate of drug-likeness (QED) is 0.403. The normalized spacial score (nSPS) is 11.1. The molecule has 0 aliphatic carbocycles. The number of fused-ring (bicyclic) bond motifs is 2. The van der Waals surface area contributed by atoms with E-state index in [1.807, 2.05) is 17.5 Å². The molecule has 0 aliphatic heterocycles. The van der Waals surface area contributed by atoms with Crippen molar-refractivity contribution < 1.29 is 14.3 Å². The fraction of sp³-hybridized carbons (Fsp3) is 0.143. The lowest BCUT2D eigenvalue weighted by Gasteiger charge is -2.04. The van der Waals surface area contributed by atoms with Gasteiger partial charge in [-0.3, -0.25) is 9.59 Å². The molecule has 3 rings (SSSR count). The molecule has 0 atom stereocenters. The van der Waals surface area contributed by atoms with Crippen molar-refractivity contribution in [1.29, 1.82) is 0 Å². The van der Waals surface area contributed by atoms with Crippen molar-refractivity contribution in [2.24, 2.45) is 0 Å². The van der Waals surface area contributed by atoms with Gasteiger partial charge in [-0.1, -0.05) is 0 Å². The minimum absolute atomic E-state index is 0.0262. The Balaban J connectivity index is 2.38. The first-order valence-corrected chi connectivity index (χ1v) is 7.39. The van der Waals surface area contributed by atoms with Crippen LogP contribution in [0.5, 0.6) is 5.75 Å². The minimum atomic E-state index is -0.351. The van der Waals surface area contributed by atoms with Gasteiger partial charge in [0.25, 0.3) is 0 Å². The fourth-order valence-electron chi connectivity index (χ4n) is 2.00. The van der Waals surface area contributed by atoms with Crippen LogP contribution in [0.25, 0.3) is 20.2 Å². The molecule has 3 nitrogen and oxygen atoms in total. The Bertz CT molecular complexity index is 811. The summed E-state index contributed by atoms with van der Waals surface area (Å²) in [6.45, 7) is 2.92. The molecule has 0 N–H and O–H groups in total. The molecule has 1 aromatic carbocycles. The number of benzene rings is 1. The van der Waals surface area contributed by atoms with E-state index < -0.39 is 0 Å². The van der Waals surface area contributed by atoms with Gasteiger partial charge >= 0.3 is 5.97 Å². The lowest BCUT2D eigenvalue weighted by molar-refractivity contribution is -0.131. The van der Waals surface area contributed by atoms with Crippen LogP contribution in [0.2, 0.25) is 0 Å². The molecule has 0 fully saturated rings. The van der Waals surface area contributed by atoms with Crippen LogP contribution < -0.4 is 4.74 Å². The van der Waals surface area contributed by atoms with Gasteiger partial charge in [0, 0.05) is 27.1 Å². The molecule has 0 aliphatic rings. The molecule has 3 aromatic rings. The monoisotopic (exact) mass is 290 g/mol. The van der Waals surface area contributed by atoms with Crippen molar-refractivity contribution in [2.45, 2.75) is 13.8 Å². The van der Waals surface area contributed by atoms with E-state index >= 15 is 0 Å². The highest BCUT2D eigenvalue weighted by molar-refractivity contribution is 7.22. The van der Waals surface area contributed by atoms with Crippen LogP contribution in [0, 0.1) is 0 Å². The second-order valence-electron chi connectivity index (χ2n) is 4.21. The second-order valence-corrected chi connectivity index (χ2v) is 6.24. The van der Waals surface area contributed by atoms with Gasteiger partial charge in [-0.05, 0) is 30.5 Å². The number of rotatable bonds is 2. The molecule has 2 heterocycles. The van der Waals surface area contributed by atoms with Crippen LogP contribution in [0.4, 0.5) is 0 Å². The van der Waals surface area contributed by atoms with Gasteiger partial charge in [0.1, 0.15) is 5.75 Å². The van der Waals surface area contributed by atoms with E-state index in [1.54, 1.807) is 24.3 Å². The van der Waals surface area contributed by atoms with Crippen LogP contribution in [0.15, 0.2) is 23.6 Å². The molecule has 0 bridgehead atoms. The summed E-state index contributed by atoms with van der Waals surface area (Å²) in [7, 11) is 0. The highest BCUT2D eigenvalue weighted by atomic mass is 32.1. The molecule has 0 saturated heterocycles. The summed E-state index contributed by atoms with van der Waals surface area (Å²) >= 11 is 3.02. The molecule has 0 radical (unpaired) electrons. The molecule has 0 spiro atoms. The first kappa shape index (κ1) is 12.3. The van der Waals surface area contributed by atoms with Gasteiger partial charge in [-0.25, -0.2) is 0 Å². The first-order valence-electron chi connectivity index (χ1n) is 5.69. The Hall–Kier alpha value is -1.72. The number of hydrogen-bond donors (Lipinski definition) is 0. The van der Waals surface area contributed by atoms with Gasteiger partial charge in [-0.2, -0.15) is 0 Å². The third-order valence-corrected chi connectivity index (χ3v) is 4.85. The summed E-state index contributed by atoms with van der Waals surface area (Å²) in [6.07, 6.45) is 0. The molecular weight excluding hydrogens is 280 g/mol. The standard InChI is InChI=1S/C14H10O3S2/c1-7(15)11-5-10-13(19-11)6-12-9(3-4-18-12)14(10)17-8(2)16/h3-6H,1-2H3.